The van der Waals surface area contributed by atoms with Gasteiger partial charge >= 0.3 is 18.1 Å². The third-order valence-electron chi connectivity index (χ3n) is 2.34. The molecule has 0 radical (unpaired) electrons. The Balaban J connectivity index is 3.24. The van der Waals surface area contributed by atoms with Crippen LogP contribution in [0, 0.1) is 0 Å². The number of alkyl halides is 3. The number of methoxy groups -OCH3 is 2. The van der Waals surface area contributed by atoms with Gasteiger partial charge in [0.25, 0.3) is 0 Å². The van der Waals surface area contributed by atoms with Crippen LogP contribution in [0.1, 0.15) is 11.1 Å². The lowest BCUT2D eigenvalue weighted by Gasteiger charge is -2.08. The highest BCUT2D eigenvalue weighted by Crippen LogP contribution is 2.30. The van der Waals surface area contributed by atoms with Crippen molar-refractivity contribution in [2.24, 2.45) is 0 Å². The Morgan fingerprint density at radius 3 is 2.10 bits per heavy atom. The minimum atomic E-state index is -4.51. The summed E-state index contributed by atoms with van der Waals surface area (Å²) in [5, 5.41) is 0. The molecule has 0 fully saturated rings. The molecule has 0 aliphatic carbocycles. The van der Waals surface area contributed by atoms with Gasteiger partial charge in [-0.3, -0.25) is 0 Å². The monoisotopic (exact) mass is 288 g/mol. The number of halogens is 3. The summed E-state index contributed by atoms with van der Waals surface area (Å²) < 4.78 is 46.4. The smallest absolute Gasteiger partial charge is 0.416 e. The third-order valence-corrected chi connectivity index (χ3v) is 2.34. The van der Waals surface area contributed by atoms with Crippen LogP contribution in [-0.4, -0.2) is 26.2 Å². The second-order valence-electron chi connectivity index (χ2n) is 3.66. The number of hydrogen-bond donors (Lipinski definition) is 0. The lowest BCUT2D eigenvalue weighted by Crippen LogP contribution is -2.15. The summed E-state index contributed by atoms with van der Waals surface area (Å²) in [4.78, 5) is 22.8. The zero-order valence-electron chi connectivity index (χ0n) is 10.7. The molecule has 0 unspecified atom stereocenters. The van der Waals surface area contributed by atoms with Gasteiger partial charge in [-0.05, 0) is 23.8 Å². The number of ether oxygens (including phenoxy) is 2. The molecule has 0 N–H and O–H groups in total. The second kappa shape index (κ2) is 6.23. The van der Waals surface area contributed by atoms with E-state index in [2.05, 4.69) is 9.47 Å². The Labute approximate surface area is 112 Å². The topological polar surface area (TPSA) is 52.6 Å². The number of carbonyl (C=O) groups excluding carboxylic acids is 2. The molecule has 0 saturated carbocycles. The Hall–Kier alpha value is -2.31. The first-order valence-electron chi connectivity index (χ1n) is 5.35. The van der Waals surface area contributed by atoms with E-state index in [0.29, 0.717) is 0 Å². The first kappa shape index (κ1) is 15.7. The van der Waals surface area contributed by atoms with E-state index in [-0.39, 0.29) is 5.56 Å². The van der Waals surface area contributed by atoms with Crippen LogP contribution in [0.25, 0.3) is 6.08 Å². The van der Waals surface area contributed by atoms with Crippen LogP contribution in [0.4, 0.5) is 13.2 Å². The SMILES string of the molecule is COC(=O)C(=Cc1cccc(C(F)(F)F)c1)C(=O)OC. The van der Waals surface area contributed by atoms with Crippen molar-refractivity contribution in [3.8, 4) is 0 Å². The summed E-state index contributed by atoms with van der Waals surface area (Å²) >= 11 is 0. The van der Waals surface area contributed by atoms with Crippen LogP contribution < -0.4 is 0 Å². The molecule has 0 bridgehead atoms. The van der Waals surface area contributed by atoms with Crippen molar-refractivity contribution >= 4 is 18.0 Å². The Morgan fingerprint density at radius 2 is 1.65 bits per heavy atom. The molecule has 1 aromatic rings. The van der Waals surface area contributed by atoms with Crippen molar-refractivity contribution in [2.75, 3.05) is 14.2 Å². The van der Waals surface area contributed by atoms with E-state index in [1.54, 1.807) is 0 Å². The Morgan fingerprint density at radius 1 is 1.10 bits per heavy atom. The van der Waals surface area contributed by atoms with E-state index in [1.165, 1.54) is 12.1 Å². The van der Waals surface area contributed by atoms with Gasteiger partial charge in [-0.25, -0.2) is 9.59 Å². The molecule has 0 amide bonds. The van der Waals surface area contributed by atoms with Crippen molar-refractivity contribution in [1.82, 2.24) is 0 Å². The molecule has 0 aliphatic heterocycles. The van der Waals surface area contributed by atoms with Crippen LogP contribution in [0.3, 0.4) is 0 Å². The van der Waals surface area contributed by atoms with Crippen LogP contribution in [-0.2, 0) is 25.2 Å². The van der Waals surface area contributed by atoms with E-state index in [0.717, 1.165) is 32.4 Å². The van der Waals surface area contributed by atoms with Gasteiger partial charge in [0.05, 0.1) is 19.8 Å². The lowest BCUT2D eigenvalue weighted by molar-refractivity contribution is -0.144. The fourth-order valence-electron chi connectivity index (χ4n) is 1.39. The summed E-state index contributed by atoms with van der Waals surface area (Å²) in [6.45, 7) is 0. The predicted molar refractivity (Wildman–Crippen MR) is 63.5 cm³/mol. The number of benzene rings is 1. The second-order valence-corrected chi connectivity index (χ2v) is 3.66. The minimum absolute atomic E-state index is 0.0330. The van der Waals surface area contributed by atoms with E-state index in [9.17, 15) is 22.8 Å². The van der Waals surface area contributed by atoms with E-state index in [4.69, 9.17) is 0 Å². The molecule has 0 aromatic heterocycles. The predicted octanol–water partition coefficient (Wildman–Crippen LogP) is 2.43. The molecular formula is C13H11F3O4. The summed E-state index contributed by atoms with van der Waals surface area (Å²) in [7, 11) is 2.09. The molecule has 1 aromatic carbocycles. The zero-order valence-corrected chi connectivity index (χ0v) is 10.7. The van der Waals surface area contributed by atoms with E-state index < -0.39 is 29.3 Å². The fourth-order valence-corrected chi connectivity index (χ4v) is 1.39. The average Bonchev–Trinajstić information content (AvgIpc) is 2.42. The molecule has 20 heavy (non-hydrogen) atoms. The summed E-state index contributed by atoms with van der Waals surface area (Å²) in [5.74, 6) is -1.98. The largest absolute Gasteiger partial charge is 0.465 e. The first-order chi connectivity index (χ1) is 9.29. The maximum absolute atomic E-state index is 12.6. The number of rotatable bonds is 3. The molecule has 1 rings (SSSR count). The quantitative estimate of drug-likeness (QED) is 0.371. The molecule has 108 valence electrons. The van der Waals surface area contributed by atoms with Gasteiger partial charge in [0.1, 0.15) is 5.57 Å². The van der Waals surface area contributed by atoms with E-state index >= 15 is 0 Å². The van der Waals surface area contributed by atoms with Gasteiger partial charge in [0, 0.05) is 0 Å². The molecule has 0 atom stereocenters. The van der Waals surface area contributed by atoms with E-state index in [1.807, 2.05) is 0 Å². The fraction of sp³-hybridized carbons (Fsp3) is 0.231. The maximum Gasteiger partial charge on any atom is 0.416 e. The van der Waals surface area contributed by atoms with Crippen molar-refractivity contribution in [3.05, 3.63) is 41.0 Å². The van der Waals surface area contributed by atoms with Gasteiger partial charge in [-0.2, -0.15) is 13.2 Å². The average molecular weight is 288 g/mol. The van der Waals surface area contributed by atoms with Crippen LogP contribution in [0.5, 0.6) is 0 Å². The standard InChI is InChI=1S/C13H11F3O4/c1-19-11(17)10(12(18)20-2)7-8-4-3-5-9(6-8)13(14,15)16/h3-7H,1-2H3. The highest BCUT2D eigenvalue weighted by atomic mass is 19.4. The van der Waals surface area contributed by atoms with Gasteiger partial charge in [0.2, 0.25) is 0 Å². The number of esters is 2. The first-order valence-corrected chi connectivity index (χ1v) is 5.35. The summed E-state index contributed by atoms with van der Waals surface area (Å²) in [5.41, 5.74) is -1.35. The van der Waals surface area contributed by atoms with Crippen molar-refractivity contribution in [3.63, 3.8) is 0 Å². The summed E-state index contributed by atoms with van der Waals surface area (Å²) in [6, 6.07) is 4.18. The van der Waals surface area contributed by atoms with Gasteiger partial charge in [0.15, 0.2) is 0 Å². The molecule has 0 spiro atoms. The molecule has 0 aliphatic rings. The highest BCUT2D eigenvalue weighted by molar-refractivity contribution is 6.17. The maximum atomic E-state index is 12.6. The van der Waals surface area contributed by atoms with Crippen LogP contribution in [0.15, 0.2) is 29.8 Å². The molecule has 0 heterocycles. The molecule has 4 nitrogen and oxygen atoms in total. The van der Waals surface area contributed by atoms with Crippen molar-refractivity contribution in [2.45, 2.75) is 6.18 Å². The zero-order chi connectivity index (χ0) is 15.3. The lowest BCUT2D eigenvalue weighted by atomic mass is 10.1. The Kier molecular flexibility index (Phi) is 4.90. The van der Waals surface area contributed by atoms with Crippen LogP contribution in [0.2, 0.25) is 0 Å². The van der Waals surface area contributed by atoms with Crippen molar-refractivity contribution in [1.29, 1.82) is 0 Å². The molecular weight excluding hydrogens is 277 g/mol. The van der Waals surface area contributed by atoms with Gasteiger partial charge < -0.3 is 9.47 Å². The number of hydrogen-bond acceptors (Lipinski definition) is 4. The third kappa shape index (κ3) is 3.84. The minimum Gasteiger partial charge on any atom is -0.465 e. The van der Waals surface area contributed by atoms with Crippen LogP contribution >= 0.6 is 0 Å². The van der Waals surface area contributed by atoms with Gasteiger partial charge in [-0.15, -0.1) is 0 Å². The summed E-state index contributed by atoms with van der Waals surface area (Å²) in [6.07, 6.45) is -3.53. The Bertz CT molecular complexity index is 529. The molecule has 0 saturated heterocycles. The van der Waals surface area contributed by atoms with Gasteiger partial charge in [-0.1, -0.05) is 12.1 Å². The normalized spacial score (nSPS) is 10.7. The molecule has 7 heteroatoms. The highest BCUT2D eigenvalue weighted by Gasteiger charge is 2.30. The number of carbonyl (C=O) groups is 2. The van der Waals surface area contributed by atoms with Crippen molar-refractivity contribution < 1.29 is 32.2 Å².